The van der Waals surface area contributed by atoms with Gasteiger partial charge in [0.2, 0.25) is 0 Å². The van der Waals surface area contributed by atoms with Crippen LogP contribution in [0.1, 0.15) is 11.5 Å². The molecule has 0 unspecified atom stereocenters. The smallest absolute Gasteiger partial charge is 0.255 e. The van der Waals surface area contributed by atoms with E-state index in [0.717, 1.165) is 35.4 Å². The summed E-state index contributed by atoms with van der Waals surface area (Å²) >= 11 is 0. The van der Waals surface area contributed by atoms with E-state index in [4.69, 9.17) is 0 Å². The normalized spacial score (nSPS) is 14.9. The third-order valence-corrected chi connectivity index (χ3v) is 6.48. The first-order valence-corrected chi connectivity index (χ1v) is 10.7. The molecule has 6 rings (SSSR count). The van der Waals surface area contributed by atoms with E-state index in [1.807, 2.05) is 30.5 Å². The zero-order valence-electron chi connectivity index (χ0n) is 17.4. The number of likely N-dealkylation sites (N-methyl/N-ethyl adjacent to an activating group) is 1. The maximum absolute atomic E-state index is 13.0. The van der Waals surface area contributed by atoms with E-state index in [9.17, 15) is 4.79 Å². The molecule has 0 saturated carbocycles. The van der Waals surface area contributed by atoms with Crippen molar-refractivity contribution in [2.75, 3.05) is 20.1 Å². The molecule has 4 nitrogen and oxygen atoms in total. The van der Waals surface area contributed by atoms with Crippen LogP contribution < -0.4 is 5.56 Å². The number of likely N-dealkylation sites (tertiary alicyclic amines) is 1. The minimum atomic E-state index is -0.0302. The average Bonchev–Trinajstić information content (AvgIpc) is 3.19. The van der Waals surface area contributed by atoms with Gasteiger partial charge in [-0.05, 0) is 58.8 Å². The van der Waals surface area contributed by atoms with Crippen LogP contribution in [0.5, 0.6) is 0 Å². The van der Waals surface area contributed by atoms with Crippen LogP contribution in [0, 0.1) is 0 Å². The van der Waals surface area contributed by atoms with Crippen molar-refractivity contribution in [2.45, 2.75) is 5.92 Å². The number of H-pyrrole nitrogens is 1. The van der Waals surface area contributed by atoms with Gasteiger partial charge in [-0.15, -0.1) is 0 Å². The summed E-state index contributed by atoms with van der Waals surface area (Å²) in [5.41, 5.74) is 5.28. The van der Waals surface area contributed by atoms with Gasteiger partial charge in [-0.3, -0.25) is 9.36 Å². The molecular weight excluding hydrogens is 382 g/mol. The number of aromatic nitrogens is 2. The fourth-order valence-electron chi connectivity index (χ4n) is 4.76. The number of pyridine rings is 1. The molecule has 152 valence electrons. The third-order valence-electron chi connectivity index (χ3n) is 6.48. The van der Waals surface area contributed by atoms with Crippen molar-refractivity contribution in [3.05, 3.63) is 101 Å². The Kier molecular flexibility index (Phi) is 4.08. The molecule has 1 aliphatic heterocycles. The summed E-state index contributed by atoms with van der Waals surface area (Å²) in [5.74, 6) is 0.591. The Balaban J connectivity index is 1.35. The molecule has 31 heavy (non-hydrogen) atoms. The topological polar surface area (TPSA) is 41.0 Å². The van der Waals surface area contributed by atoms with E-state index in [-0.39, 0.29) is 5.56 Å². The lowest BCUT2D eigenvalue weighted by Gasteiger charge is -2.36. The predicted molar refractivity (Wildman–Crippen MR) is 127 cm³/mol. The third kappa shape index (κ3) is 3.07. The second-order valence-electron chi connectivity index (χ2n) is 8.58. The van der Waals surface area contributed by atoms with Crippen LogP contribution in [0.4, 0.5) is 0 Å². The summed E-state index contributed by atoms with van der Waals surface area (Å²) in [7, 11) is 2.15. The van der Waals surface area contributed by atoms with Crippen LogP contribution >= 0.6 is 0 Å². The summed E-state index contributed by atoms with van der Waals surface area (Å²) in [6, 6.07) is 24.6. The van der Waals surface area contributed by atoms with E-state index in [2.05, 4.69) is 65.6 Å². The second kappa shape index (κ2) is 6.96. The second-order valence-corrected chi connectivity index (χ2v) is 8.58. The first kappa shape index (κ1) is 18.2. The van der Waals surface area contributed by atoms with Gasteiger partial charge in [0.15, 0.2) is 0 Å². The molecule has 3 heterocycles. The van der Waals surface area contributed by atoms with Gasteiger partial charge < -0.3 is 9.88 Å². The van der Waals surface area contributed by atoms with Gasteiger partial charge in [-0.25, -0.2) is 0 Å². The predicted octanol–water partition coefficient (Wildman–Crippen LogP) is 5.17. The summed E-state index contributed by atoms with van der Waals surface area (Å²) in [5, 5.41) is 3.63. The number of aromatic amines is 1. The van der Waals surface area contributed by atoms with Gasteiger partial charge in [-0.1, -0.05) is 42.5 Å². The lowest BCUT2D eigenvalue weighted by atomic mass is 9.92. The largest absolute Gasteiger partial charge is 0.361 e. The first-order chi connectivity index (χ1) is 15.2. The molecule has 1 fully saturated rings. The van der Waals surface area contributed by atoms with Crippen molar-refractivity contribution in [1.82, 2.24) is 14.5 Å². The van der Waals surface area contributed by atoms with Gasteiger partial charge in [0, 0.05) is 48.4 Å². The highest BCUT2D eigenvalue weighted by molar-refractivity contribution is 5.87. The molecule has 1 aliphatic rings. The van der Waals surface area contributed by atoms with Gasteiger partial charge in [-0.2, -0.15) is 0 Å². The zero-order chi connectivity index (χ0) is 20.9. The molecular formula is C27H23N3O. The Bertz CT molecular complexity index is 1490. The number of nitrogens with one attached hydrogen (secondary N) is 1. The molecule has 0 radical (unpaired) electrons. The number of nitrogens with zero attached hydrogens (tertiary/aromatic N) is 2. The summed E-state index contributed by atoms with van der Waals surface area (Å²) in [6.45, 7) is 2.20. The fourth-order valence-corrected chi connectivity index (χ4v) is 4.76. The highest BCUT2D eigenvalue weighted by Gasteiger charge is 2.26. The van der Waals surface area contributed by atoms with Crippen LogP contribution in [-0.2, 0) is 0 Å². The lowest BCUT2D eigenvalue weighted by molar-refractivity contribution is 0.190. The van der Waals surface area contributed by atoms with E-state index in [0.29, 0.717) is 5.92 Å². The van der Waals surface area contributed by atoms with Gasteiger partial charge in [0.05, 0.1) is 5.69 Å². The monoisotopic (exact) mass is 405 g/mol. The Morgan fingerprint density at radius 3 is 2.48 bits per heavy atom. The van der Waals surface area contributed by atoms with Crippen molar-refractivity contribution in [2.24, 2.45) is 0 Å². The molecule has 2 aromatic heterocycles. The molecule has 0 bridgehead atoms. The highest BCUT2D eigenvalue weighted by atomic mass is 16.1. The number of fused-ring (bicyclic) bond motifs is 2. The molecule has 0 spiro atoms. The molecule has 0 atom stereocenters. The molecule has 4 heteroatoms. The van der Waals surface area contributed by atoms with Crippen molar-refractivity contribution < 1.29 is 0 Å². The molecule has 3 aromatic carbocycles. The summed E-state index contributed by atoms with van der Waals surface area (Å²) in [4.78, 5) is 18.7. The van der Waals surface area contributed by atoms with E-state index in [1.54, 1.807) is 10.6 Å². The fraction of sp³-hybridized carbons (Fsp3) is 0.148. The number of hydrogen-bond acceptors (Lipinski definition) is 2. The minimum absolute atomic E-state index is 0.0302. The van der Waals surface area contributed by atoms with E-state index in [1.165, 1.54) is 21.7 Å². The number of rotatable bonds is 3. The lowest BCUT2D eigenvalue weighted by Crippen LogP contribution is -2.41. The zero-order valence-corrected chi connectivity index (χ0v) is 17.4. The molecule has 5 aromatic rings. The van der Waals surface area contributed by atoms with Crippen molar-refractivity contribution in [3.8, 4) is 16.8 Å². The Hall–Kier alpha value is -3.63. The molecule has 1 saturated heterocycles. The average molecular weight is 406 g/mol. The van der Waals surface area contributed by atoms with E-state index < -0.39 is 0 Å². The van der Waals surface area contributed by atoms with Crippen molar-refractivity contribution in [3.63, 3.8) is 0 Å². The Morgan fingerprint density at radius 1 is 0.871 bits per heavy atom. The van der Waals surface area contributed by atoms with Gasteiger partial charge in [0.1, 0.15) is 0 Å². The maximum Gasteiger partial charge on any atom is 0.255 e. The van der Waals surface area contributed by atoms with Crippen LogP contribution in [0.2, 0.25) is 0 Å². The maximum atomic E-state index is 13.0. The number of hydrogen-bond donors (Lipinski definition) is 1. The highest BCUT2D eigenvalue weighted by Crippen LogP contribution is 2.32. The standard InChI is InChI=1S/C27H23N3O/c1-29-16-22(17-29)25-15-28-26-14-23(8-9-24(25)26)30-11-10-21(13-27(30)31)20-7-6-18-4-2-3-5-19(18)12-20/h2-15,22,28H,16-17H2,1H3. The van der Waals surface area contributed by atoms with Crippen molar-refractivity contribution >= 4 is 21.7 Å². The van der Waals surface area contributed by atoms with Gasteiger partial charge in [0.25, 0.3) is 5.56 Å². The van der Waals surface area contributed by atoms with E-state index >= 15 is 0 Å². The Labute approximate surface area is 180 Å². The SMILES string of the molecule is CN1CC(c2c[nH]c3cc(-n4ccc(-c5ccc6ccccc6c5)cc4=O)ccc23)C1. The number of benzene rings is 3. The van der Waals surface area contributed by atoms with Crippen LogP contribution in [0.3, 0.4) is 0 Å². The first-order valence-electron chi connectivity index (χ1n) is 10.7. The van der Waals surface area contributed by atoms with Crippen molar-refractivity contribution in [1.29, 1.82) is 0 Å². The quantitative estimate of drug-likeness (QED) is 0.450. The molecule has 0 amide bonds. The van der Waals surface area contributed by atoms with Crippen LogP contribution in [-0.4, -0.2) is 34.6 Å². The van der Waals surface area contributed by atoms with Crippen LogP contribution in [0.15, 0.2) is 90.0 Å². The van der Waals surface area contributed by atoms with Crippen LogP contribution in [0.25, 0.3) is 38.5 Å². The Morgan fingerprint density at radius 2 is 1.68 bits per heavy atom. The molecule has 0 aliphatic carbocycles. The molecule has 1 N–H and O–H groups in total. The summed E-state index contributed by atoms with van der Waals surface area (Å²) < 4.78 is 1.71. The minimum Gasteiger partial charge on any atom is -0.361 e. The summed E-state index contributed by atoms with van der Waals surface area (Å²) in [6.07, 6.45) is 4.00. The van der Waals surface area contributed by atoms with Gasteiger partial charge >= 0.3 is 0 Å².